The van der Waals surface area contributed by atoms with E-state index in [2.05, 4.69) is 14.9 Å². The number of benzene rings is 1. The summed E-state index contributed by atoms with van der Waals surface area (Å²) >= 11 is 0. The fraction of sp³-hybridized carbons (Fsp3) is 0.357. The fourth-order valence-electron chi connectivity index (χ4n) is 2.04. The van der Waals surface area contributed by atoms with Gasteiger partial charge in [0.2, 0.25) is 11.5 Å². The zero-order chi connectivity index (χ0) is 15.4. The van der Waals surface area contributed by atoms with Crippen LogP contribution in [0.3, 0.4) is 0 Å². The number of methoxy groups -OCH3 is 1. The van der Waals surface area contributed by atoms with Crippen LogP contribution in [0.4, 0.5) is 5.82 Å². The average Bonchev–Trinajstić information content (AvgIpc) is 2.92. The number of para-hydroxylation sites is 1. The largest absolute Gasteiger partial charge is 0.496 e. The standard InChI is InChI=1S/C14H18N4O3/c1-9(8-10-6-4-5-7-11(10)20-3)18(2)14(19)12-13(15)17-21-16-12/h4-7,9H,8H2,1-3H3,(H2,15,17). The molecule has 0 aliphatic heterocycles. The second kappa shape index (κ2) is 6.25. The van der Waals surface area contributed by atoms with Crippen molar-refractivity contribution in [1.82, 2.24) is 15.2 Å². The van der Waals surface area contributed by atoms with Gasteiger partial charge in [-0.25, -0.2) is 4.63 Å². The van der Waals surface area contributed by atoms with Gasteiger partial charge in [-0.15, -0.1) is 0 Å². The highest BCUT2D eigenvalue weighted by Crippen LogP contribution is 2.21. The maximum absolute atomic E-state index is 12.3. The van der Waals surface area contributed by atoms with Crippen molar-refractivity contribution in [2.45, 2.75) is 19.4 Å². The first-order valence-electron chi connectivity index (χ1n) is 6.51. The lowest BCUT2D eigenvalue weighted by atomic mass is 10.0. The molecule has 0 radical (unpaired) electrons. The van der Waals surface area contributed by atoms with Crippen LogP contribution in [0.25, 0.3) is 0 Å². The molecule has 7 heteroatoms. The second-order valence-electron chi connectivity index (χ2n) is 4.78. The molecule has 0 fully saturated rings. The number of carbonyl (C=O) groups excluding carboxylic acids is 1. The second-order valence-corrected chi connectivity index (χ2v) is 4.78. The molecule has 2 aromatic rings. The van der Waals surface area contributed by atoms with Gasteiger partial charge in [0.15, 0.2) is 0 Å². The summed E-state index contributed by atoms with van der Waals surface area (Å²) in [6, 6.07) is 7.64. The van der Waals surface area contributed by atoms with Gasteiger partial charge in [0.25, 0.3) is 5.91 Å². The molecular weight excluding hydrogens is 272 g/mol. The van der Waals surface area contributed by atoms with E-state index in [0.29, 0.717) is 6.42 Å². The third-order valence-electron chi connectivity index (χ3n) is 3.41. The number of hydrogen-bond donors (Lipinski definition) is 1. The van der Waals surface area contributed by atoms with Crippen molar-refractivity contribution < 1.29 is 14.2 Å². The first-order chi connectivity index (χ1) is 10.0. The Morgan fingerprint density at radius 2 is 2.14 bits per heavy atom. The normalized spacial score (nSPS) is 12.0. The Balaban J connectivity index is 2.11. The van der Waals surface area contributed by atoms with E-state index >= 15 is 0 Å². The van der Waals surface area contributed by atoms with Crippen molar-refractivity contribution in [3.05, 3.63) is 35.5 Å². The molecular formula is C14H18N4O3. The zero-order valence-electron chi connectivity index (χ0n) is 12.2. The number of rotatable bonds is 5. The molecule has 0 spiro atoms. The molecule has 0 bridgehead atoms. The van der Waals surface area contributed by atoms with Crippen LogP contribution in [0.15, 0.2) is 28.9 Å². The predicted molar refractivity (Wildman–Crippen MR) is 77.0 cm³/mol. The molecule has 0 saturated heterocycles. The molecule has 7 nitrogen and oxygen atoms in total. The number of aromatic nitrogens is 2. The summed E-state index contributed by atoms with van der Waals surface area (Å²) in [6.45, 7) is 1.94. The van der Waals surface area contributed by atoms with Crippen molar-refractivity contribution in [3.63, 3.8) is 0 Å². The number of anilines is 1. The molecule has 1 unspecified atom stereocenters. The number of nitrogens with two attached hydrogens (primary N) is 1. The van der Waals surface area contributed by atoms with Crippen molar-refractivity contribution in [2.75, 3.05) is 19.9 Å². The smallest absolute Gasteiger partial charge is 0.280 e. The van der Waals surface area contributed by atoms with E-state index in [-0.39, 0.29) is 23.5 Å². The number of hydrogen-bond acceptors (Lipinski definition) is 6. The number of carbonyl (C=O) groups is 1. The van der Waals surface area contributed by atoms with Gasteiger partial charge in [-0.05, 0) is 35.3 Å². The zero-order valence-corrected chi connectivity index (χ0v) is 12.2. The maximum atomic E-state index is 12.3. The van der Waals surface area contributed by atoms with Gasteiger partial charge in [0.05, 0.1) is 7.11 Å². The number of amides is 1. The number of likely N-dealkylation sites (N-methyl/N-ethyl adjacent to an activating group) is 1. The van der Waals surface area contributed by atoms with Crippen LogP contribution in [0.2, 0.25) is 0 Å². The molecule has 1 amide bonds. The first kappa shape index (κ1) is 14.8. The minimum absolute atomic E-state index is 0.00339. The summed E-state index contributed by atoms with van der Waals surface area (Å²) in [5, 5.41) is 6.95. The van der Waals surface area contributed by atoms with Gasteiger partial charge < -0.3 is 15.4 Å². The van der Waals surface area contributed by atoms with Gasteiger partial charge in [-0.3, -0.25) is 4.79 Å². The highest BCUT2D eigenvalue weighted by molar-refractivity contribution is 5.96. The van der Waals surface area contributed by atoms with Crippen molar-refractivity contribution in [1.29, 1.82) is 0 Å². The molecule has 21 heavy (non-hydrogen) atoms. The SMILES string of the molecule is COc1ccccc1CC(C)N(C)C(=O)c1nonc1N. The quantitative estimate of drug-likeness (QED) is 0.893. The van der Waals surface area contributed by atoms with Crippen molar-refractivity contribution >= 4 is 11.7 Å². The van der Waals surface area contributed by atoms with E-state index in [4.69, 9.17) is 10.5 Å². The lowest BCUT2D eigenvalue weighted by molar-refractivity contribution is 0.0732. The molecule has 2 rings (SSSR count). The molecule has 0 aliphatic carbocycles. The van der Waals surface area contributed by atoms with Crippen molar-refractivity contribution in [3.8, 4) is 5.75 Å². The van der Waals surface area contributed by atoms with E-state index in [1.165, 1.54) is 0 Å². The van der Waals surface area contributed by atoms with E-state index in [1.54, 1.807) is 19.1 Å². The Morgan fingerprint density at radius 1 is 1.43 bits per heavy atom. The highest BCUT2D eigenvalue weighted by Gasteiger charge is 2.24. The molecule has 112 valence electrons. The van der Waals surface area contributed by atoms with Crippen LogP contribution in [-0.4, -0.2) is 41.3 Å². The minimum atomic E-state index is -0.323. The summed E-state index contributed by atoms with van der Waals surface area (Å²) in [6.07, 6.45) is 0.650. The van der Waals surface area contributed by atoms with Gasteiger partial charge >= 0.3 is 0 Å². The average molecular weight is 290 g/mol. The summed E-state index contributed by atoms with van der Waals surface area (Å²) in [7, 11) is 3.32. The Kier molecular flexibility index (Phi) is 4.42. The lowest BCUT2D eigenvalue weighted by Gasteiger charge is -2.24. The van der Waals surface area contributed by atoms with Crippen molar-refractivity contribution in [2.24, 2.45) is 0 Å². The minimum Gasteiger partial charge on any atom is -0.496 e. The molecule has 0 aliphatic rings. The third kappa shape index (κ3) is 3.13. The van der Waals surface area contributed by atoms with Gasteiger partial charge in [-0.1, -0.05) is 18.2 Å². The Bertz CT molecular complexity index is 626. The fourth-order valence-corrected chi connectivity index (χ4v) is 2.04. The maximum Gasteiger partial charge on any atom is 0.280 e. The summed E-state index contributed by atoms with van der Waals surface area (Å²) in [4.78, 5) is 13.8. The van der Waals surface area contributed by atoms with Gasteiger partial charge in [-0.2, -0.15) is 0 Å². The van der Waals surface area contributed by atoms with Crippen LogP contribution in [0.5, 0.6) is 5.75 Å². The Hall–Kier alpha value is -2.57. The van der Waals surface area contributed by atoms with Crippen LogP contribution in [-0.2, 0) is 6.42 Å². The van der Waals surface area contributed by atoms with E-state index in [9.17, 15) is 4.79 Å². The lowest BCUT2D eigenvalue weighted by Crippen LogP contribution is -2.37. The number of nitrogen functional groups attached to an aromatic ring is 1. The molecule has 1 atom stereocenters. The van der Waals surface area contributed by atoms with Crippen LogP contribution < -0.4 is 10.5 Å². The summed E-state index contributed by atoms with van der Waals surface area (Å²) in [5.41, 5.74) is 6.60. The van der Waals surface area contributed by atoms with Gasteiger partial charge in [0, 0.05) is 13.1 Å². The topological polar surface area (TPSA) is 94.5 Å². The monoisotopic (exact) mass is 290 g/mol. The summed E-state index contributed by atoms with van der Waals surface area (Å²) in [5.74, 6) is 0.473. The number of ether oxygens (including phenoxy) is 1. The highest BCUT2D eigenvalue weighted by atomic mass is 16.6. The van der Waals surface area contributed by atoms with E-state index in [1.807, 2.05) is 31.2 Å². The van der Waals surface area contributed by atoms with Crippen LogP contribution in [0, 0.1) is 0 Å². The Morgan fingerprint density at radius 3 is 2.76 bits per heavy atom. The van der Waals surface area contributed by atoms with E-state index in [0.717, 1.165) is 11.3 Å². The van der Waals surface area contributed by atoms with Crippen LogP contribution in [0.1, 0.15) is 23.0 Å². The number of nitrogens with zero attached hydrogens (tertiary/aromatic N) is 3. The summed E-state index contributed by atoms with van der Waals surface area (Å²) < 4.78 is 9.78. The molecule has 0 saturated carbocycles. The predicted octanol–water partition coefficient (Wildman–Crippen LogP) is 1.36. The molecule has 1 aromatic heterocycles. The van der Waals surface area contributed by atoms with E-state index < -0.39 is 0 Å². The Labute approximate surface area is 122 Å². The molecule has 1 heterocycles. The van der Waals surface area contributed by atoms with Crippen LogP contribution >= 0.6 is 0 Å². The molecule has 2 N–H and O–H groups in total. The van der Waals surface area contributed by atoms with Gasteiger partial charge in [0.1, 0.15) is 5.75 Å². The first-order valence-corrected chi connectivity index (χ1v) is 6.51. The third-order valence-corrected chi connectivity index (χ3v) is 3.41. The molecule has 1 aromatic carbocycles.